The molecule has 0 spiro atoms. The largest absolute Gasteiger partial charge is 0.490 e. The zero-order valence-corrected chi connectivity index (χ0v) is 18.4. The van der Waals surface area contributed by atoms with Gasteiger partial charge in [-0.3, -0.25) is 10.1 Å². The molecule has 0 heterocycles. The fourth-order valence-electron chi connectivity index (χ4n) is 3.34. The number of nitro benzene ring substituents is 1. The van der Waals surface area contributed by atoms with E-state index < -0.39 is 4.92 Å². The number of non-ortho nitro benzene ring substituents is 1. The molecule has 0 amide bonds. The molecule has 0 N–H and O–H groups in total. The highest BCUT2D eigenvalue weighted by Gasteiger charge is 2.14. The normalized spacial score (nSPS) is 10.8. The Balaban J connectivity index is 1.99. The lowest BCUT2D eigenvalue weighted by Crippen LogP contribution is -2.03. The summed E-state index contributed by atoms with van der Waals surface area (Å²) in [5.74, 6) is 1.23. The molecule has 0 aliphatic rings. The zero-order valence-electron chi connectivity index (χ0n) is 18.4. The van der Waals surface area contributed by atoms with Crippen LogP contribution in [0.5, 0.6) is 11.5 Å². The summed E-state index contributed by atoms with van der Waals surface area (Å²) in [6, 6.07) is 21.7. The van der Waals surface area contributed by atoms with E-state index in [1.807, 2.05) is 49.4 Å². The standard InChI is InChI=1S/C27H24N2O4/c1-3-8-23-15-21(16-24(18-28)22-11-13-25(14-12-22)29(30)31)17-26(32-4-2)27(23)33-19-20-9-6-5-7-10-20/h3,5-7,9-17H,1,4,8,19H2,2H3/b24-16+. The van der Waals surface area contributed by atoms with Gasteiger partial charge in [-0.1, -0.05) is 36.4 Å². The van der Waals surface area contributed by atoms with Gasteiger partial charge in [-0.2, -0.15) is 5.26 Å². The number of nitrogens with zero attached hydrogens (tertiary/aromatic N) is 2. The monoisotopic (exact) mass is 440 g/mol. The highest BCUT2D eigenvalue weighted by atomic mass is 16.6. The summed E-state index contributed by atoms with van der Waals surface area (Å²) < 4.78 is 12.0. The van der Waals surface area contributed by atoms with Crippen molar-refractivity contribution in [1.82, 2.24) is 0 Å². The van der Waals surface area contributed by atoms with Crippen LogP contribution in [-0.4, -0.2) is 11.5 Å². The van der Waals surface area contributed by atoms with Crippen LogP contribution >= 0.6 is 0 Å². The summed E-state index contributed by atoms with van der Waals surface area (Å²) in [4.78, 5) is 10.4. The molecule has 0 fully saturated rings. The van der Waals surface area contributed by atoms with Crippen LogP contribution in [0.4, 0.5) is 5.69 Å². The van der Waals surface area contributed by atoms with E-state index in [9.17, 15) is 15.4 Å². The molecule has 0 aliphatic heterocycles. The van der Waals surface area contributed by atoms with Crippen LogP contribution in [0.3, 0.4) is 0 Å². The first kappa shape index (κ1) is 23.3. The number of allylic oxidation sites excluding steroid dienone is 2. The molecule has 6 nitrogen and oxygen atoms in total. The van der Waals surface area contributed by atoms with Gasteiger partial charge in [0.1, 0.15) is 6.61 Å². The highest BCUT2D eigenvalue weighted by molar-refractivity contribution is 5.90. The lowest BCUT2D eigenvalue weighted by atomic mass is 10.0. The molecule has 0 aliphatic carbocycles. The number of nitro groups is 1. The van der Waals surface area contributed by atoms with Gasteiger partial charge in [0, 0.05) is 17.7 Å². The van der Waals surface area contributed by atoms with Crippen molar-refractivity contribution >= 4 is 17.3 Å². The first-order chi connectivity index (χ1) is 16.0. The van der Waals surface area contributed by atoms with Gasteiger partial charge in [0.25, 0.3) is 5.69 Å². The minimum Gasteiger partial charge on any atom is -0.490 e. The number of hydrogen-bond acceptors (Lipinski definition) is 5. The van der Waals surface area contributed by atoms with Crippen LogP contribution in [0, 0.1) is 21.4 Å². The van der Waals surface area contributed by atoms with E-state index in [0.717, 1.165) is 16.7 Å². The van der Waals surface area contributed by atoms with Crippen LogP contribution in [-0.2, 0) is 13.0 Å². The van der Waals surface area contributed by atoms with E-state index in [0.29, 0.717) is 42.3 Å². The van der Waals surface area contributed by atoms with Crippen LogP contribution < -0.4 is 9.47 Å². The molecule has 0 bridgehead atoms. The van der Waals surface area contributed by atoms with Crippen molar-refractivity contribution in [3.8, 4) is 17.6 Å². The van der Waals surface area contributed by atoms with E-state index in [4.69, 9.17) is 9.47 Å². The van der Waals surface area contributed by atoms with Gasteiger partial charge in [0.15, 0.2) is 11.5 Å². The van der Waals surface area contributed by atoms with Crippen molar-refractivity contribution in [2.45, 2.75) is 20.0 Å². The number of rotatable bonds is 10. The topological polar surface area (TPSA) is 85.4 Å². The van der Waals surface area contributed by atoms with Gasteiger partial charge in [-0.05, 0) is 60.4 Å². The Kier molecular flexibility index (Phi) is 7.98. The molecule has 0 unspecified atom stereocenters. The highest BCUT2D eigenvalue weighted by Crippen LogP contribution is 2.36. The molecular weight excluding hydrogens is 416 g/mol. The summed E-state index contributed by atoms with van der Waals surface area (Å²) in [6.45, 7) is 6.60. The average Bonchev–Trinajstić information content (AvgIpc) is 2.83. The van der Waals surface area contributed by atoms with E-state index >= 15 is 0 Å². The van der Waals surface area contributed by atoms with Crippen molar-refractivity contribution < 1.29 is 14.4 Å². The van der Waals surface area contributed by atoms with Crippen molar-refractivity contribution in [2.24, 2.45) is 0 Å². The summed E-state index contributed by atoms with van der Waals surface area (Å²) in [5.41, 5.74) is 3.64. The van der Waals surface area contributed by atoms with Gasteiger partial charge in [0.05, 0.1) is 23.2 Å². The first-order valence-electron chi connectivity index (χ1n) is 10.5. The number of ether oxygens (including phenoxy) is 2. The van der Waals surface area contributed by atoms with E-state index in [2.05, 4.69) is 12.6 Å². The molecule has 0 aromatic heterocycles. The summed E-state index contributed by atoms with van der Waals surface area (Å²) in [7, 11) is 0. The van der Waals surface area contributed by atoms with Gasteiger partial charge < -0.3 is 9.47 Å². The van der Waals surface area contributed by atoms with Crippen LogP contribution in [0.1, 0.15) is 29.2 Å². The molecule has 6 heteroatoms. The second-order valence-electron chi connectivity index (χ2n) is 7.18. The predicted octanol–water partition coefficient (Wildman–Crippen LogP) is 6.37. The molecule has 3 aromatic carbocycles. The predicted molar refractivity (Wildman–Crippen MR) is 129 cm³/mol. The molecule has 0 atom stereocenters. The molecule has 0 radical (unpaired) electrons. The second-order valence-corrected chi connectivity index (χ2v) is 7.18. The molecule has 0 saturated carbocycles. The average molecular weight is 440 g/mol. The molecule has 166 valence electrons. The summed E-state index contributed by atoms with van der Waals surface area (Å²) >= 11 is 0. The van der Waals surface area contributed by atoms with Gasteiger partial charge in [0.2, 0.25) is 0 Å². The fourth-order valence-corrected chi connectivity index (χ4v) is 3.34. The Morgan fingerprint density at radius 3 is 2.45 bits per heavy atom. The Morgan fingerprint density at radius 1 is 1.12 bits per heavy atom. The molecule has 33 heavy (non-hydrogen) atoms. The number of nitriles is 1. The Morgan fingerprint density at radius 2 is 1.85 bits per heavy atom. The number of hydrogen-bond donors (Lipinski definition) is 0. The van der Waals surface area contributed by atoms with Crippen LogP contribution in [0.25, 0.3) is 11.6 Å². The summed E-state index contributed by atoms with van der Waals surface area (Å²) in [5, 5.41) is 20.6. The van der Waals surface area contributed by atoms with E-state index in [-0.39, 0.29) is 5.69 Å². The SMILES string of the molecule is C=CCc1cc(/C=C(\C#N)c2ccc([N+](=O)[O-])cc2)cc(OCC)c1OCc1ccccc1. The molecule has 0 saturated heterocycles. The third kappa shape index (κ3) is 6.08. The van der Waals surface area contributed by atoms with Crippen molar-refractivity contribution in [1.29, 1.82) is 5.26 Å². The minimum atomic E-state index is -0.469. The molecule has 3 aromatic rings. The van der Waals surface area contributed by atoms with E-state index in [1.165, 1.54) is 12.1 Å². The Bertz CT molecular complexity index is 1190. The van der Waals surface area contributed by atoms with Crippen LogP contribution in [0.15, 0.2) is 79.4 Å². The van der Waals surface area contributed by atoms with Gasteiger partial charge in [-0.15, -0.1) is 6.58 Å². The lowest BCUT2D eigenvalue weighted by molar-refractivity contribution is -0.384. The van der Waals surface area contributed by atoms with Crippen molar-refractivity contribution in [3.05, 3.63) is 112 Å². The Hall–Kier alpha value is -4.37. The van der Waals surface area contributed by atoms with Gasteiger partial charge in [-0.25, -0.2) is 0 Å². The van der Waals surface area contributed by atoms with E-state index in [1.54, 1.807) is 24.3 Å². The Labute approximate surface area is 193 Å². The zero-order chi connectivity index (χ0) is 23.6. The maximum absolute atomic E-state index is 10.9. The molecule has 3 rings (SSSR count). The lowest BCUT2D eigenvalue weighted by Gasteiger charge is -2.17. The third-order valence-electron chi connectivity index (χ3n) is 4.86. The second kappa shape index (κ2) is 11.3. The van der Waals surface area contributed by atoms with Crippen molar-refractivity contribution in [2.75, 3.05) is 6.61 Å². The fraction of sp³-hybridized carbons (Fsp3) is 0.148. The third-order valence-corrected chi connectivity index (χ3v) is 4.86. The maximum Gasteiger partial charge on any atom is 0.269 e. The van der Waals surface area contributed by atoms with Gasteiger partial charge >= 0.3 is 0 Å². The smallest absolute Gasteiger partial charge is 0.269 e. The number of benzene rings is 3. The maximum atomic E-state index is 10.9. The molecular formula is C27H24N2O4. The summed E-state index contributed by atoms with van der Waals surface area (Å²) in [6.07, 6.45) is 4.08. The van der Waals surface area contributed by atoms with Crippen molar-refractivity contribution in [3.63, 3.8) is 0 Å². The van der Waals surface area contributed by atoms with Crippen LogP contribution in [0.2, 0.25) is 0 Å². The minimum absolute atomic E-state index is 0.0251. The quantitative estimate of drug-likeness (QED) is 0.120. The first-order valence-corrected chi connectivity index (χ1v) is 10.5.